The lowest BCUT2D eigenvalue weighted by atomic mass is 10.2. The fourth-order valence-corrected chi connectivity index (χ4v) is 3.37. The minimum Gasteiger partial charge on any atom is -0.480 e. The highest BCUT2D eigenvalue weighted by Crippen LogP contribution is 2.17. The van der Waals surface area contributed by atoms with Crippen LogP contribution in [0.15, 0.2) is 35.8 Å². The summed E-state index contributed by atoms with van der Waals surface area (Å²) in [6.07, 6.45) is 1.60. The van der Waals surface area contributed by atoms with Gasteiger partial charge in [-0.05, 0) is 23.6 Å². The van der Waals surface area contributed by atoms with Crippen molar-refractivity contribution in [1.82, 2.24) is 14.8 Å². The van der Waals surface area contributed by atoms with Gasteiger partial charge in [0, 0.05) is 32.4 Å². The maximum absolute atomic E-state index is 12.6. The average Bonchev–Trinajstić information content (AvgIpc) is 3.16. The summed E-state index contributed by atoms with van der Waals surface area (Å²) in [4.78, 5) is 33.5. The Morgan fingerprint density at radius 1 is 1.21 bits per heavy atom. The van der Waals surface area contributed by atoms with Gasteiger partial charge in [0.1, 0.15) is 5.56 Å². The molecule has 1 aliphatic heterocycles. The number of hydrogen-bond acceptors (Lipinski definition) is 6. The predicted molar refractivity (Wildman–Crippen MR) is 91.8 cm³/mol. The van der Waals surface area contributed by atoms with Crippen molar-refractivity contribution in [3.05, 3.63) is 46.3 Å². The molecule has 0 aliphatic carbocycles. The quantitative estimate of drug-likeness (QED) is 0.773. The molecule has 2 aromatic rings. The number of ether oxygens (including phenoxy) is 1. The summed E-state index contributed by atoms with van der Waals surface area (Å²) >= 11 is 1.46. The maximum atomic E-state index is 12.6. The normalized spacial score (nSPS) is 15.3. The minimum atomic E-state index is -0.0795. The summed E-state index contributed by atoms with van der Waals surface area (Å²) < 4.78 is 5.16. The second-order valence-corrected chi connectivity index (χ2v) is 6.48. The van der Waals surface area contributed by atoms with Crippen molar-refractivity contribution in [2.75, 3.05) is 39.8 Å². The van der Waals surface area contributed by atoms with Crippen molar-refractivity contribution in [1.29, 1.82) is 0 Å². The Morgan fingerprint density at radius 2 is 2.00 bits per heavy atom. The van der Waals surface area contributed by atoms with E-state index < -0.39 is 0 Å². The van der Waals surface area contributed by atoms with Crippen molar-refractivity contribution in [3.8, 4) is 5.88 Å². The molecule has 0 saturated carbocycles. The van der Waals surface area contributed by atoms with Crippen molar-refractivity contribution < 1.29 is 14.3 Å². The van der Waals surface area contributed by atoms with Crippen LogP contribution in [-0.2, 0) is 0 Å². The van der Waals surface area contributed by atoms with Crippen molar-refractivity contribution in [2.45, 2.75) is 0 Å². The number of carbonyl (C=O) groups excluding carboxylic acids is 2. The summed E-state index contributed by atoms with van der Waals surface area (Å²) in [7, 11) is 1.51. The van der Waals surface area contributed by atoms with E-state index in [9.17, 15) is 9.59 Å². The van der Waals surface area contributed by atoms with Gasteiger partial charge in [0.05, 0.1) is 18.5 Å². The van der Waals surface area contributed by atoms with E-state index in [0.29, 0.717) is 44.2 Å². The van der Waals surface area contributed by atoms with E-state index in [1.807, 2.05) is 17.5 Å². The zero-order valence-electron chi connectivity index (χ0n) is 13.5. The Bertz CT molecular complexity index is 710. The third-order valence-electron chi connectivity index (χ3n) is 4.02. The zero-order chi connectivity index (χ0) is 16.9. The third kappa shape index (κ3) is 3.63. The monoisotopic (exact) mass is 345 g/mol. The zero-order valence-corrected chi connectivity index (χ0v) is 14.3. The molecule has 0 bridgehead atoms. The SMILES string of the molecule is COc1ncccc1C(=O)N1CCN(CC(=O)c2cccs2)CC1. The molecule has 1 aliphatic rings. The van der Waals surface area contributed by atoms with Crippen LogP contribution in [0.2, 0.25) is 0 Å². The fraction of sp³-hybridized carbons (Fsp3) is 0.353. The molecule has 1 saturated heterocycles. The van der Waals surface area contributed by atoms with Gasteiger partial charge >= 0.3 is 0 Å². The lowest BCUT2D eigenvalue weighted by molar-refractivity contribution is 0.0621. The molecule has 0 spiro atoms. The van der Waals surface area contributed by atoms with Gasteiger partial charge in [0.15, 0.2) is 5.78 Å². The topological polar surface area (TPSA) is 62.7 Å². The van der Waals surface area contributed by atoms with Crippen LogP contribution in [0.3, 0.4) is 0 Å². The van der Waals surface area contributed by atoms with E-state index in [1.165, 1.54) is 18.4 Å². The van der Waals surface area contributed by atoms with Crippen molar-refractivity contribution in [2.24, 2.45) is 0 Å². The number of Topliss-reactive ketones (excluding diaryl/α,β-unsaturated/α-hetero) is 1. The third-order valence-corrected chi connectivity index (χ3v) is 4.93. The molecule has 0 aromatic carbocycles. The van der Waals surface area contributed by atoms with Gasteiger partial charge in [-0.15, -0.1) is 11.3 Å². The minimum absolute atomic E-state index is 0.0795. The average molecular weight is 345 g/mol. The lowest BCUT2D eigenvalue weighted by Crippen LogP contribution is -2.49. The molecule has 7 heteroatoms. The van der Waals surface area contributed by atoms with Gasteiger partial charge in [-0.1, -0.05) is 6.07 Å². The number of rotatable bonds is 5. The number of pyridine rings is 1. The first-order valence-electron chi connectivity index (χ1n) is 7.76. The molecule has 24 heavy (non-hydrogen) atoms. The van der Waals surface area contributed by atoms with Crippen molar-refractivity contribution >= 4 is 23.0 Å². The maximum Gasteiger partial charge on any atom is 0.259 e. The highest BCUT2D eigenvalue weighted by Gasteiger charge is 2.25. The molecule has 126 valence electrons. The number of ketones is 1. The Hall–Kier alpha value is -2.25. The molecule has 3 rings (SSSR count). The molecule has 0 N–H and O–H groups in total. The van der Waals surface area contributed by atoms with Gasteiger partial charge in [-0.25, -0.2) is 4.98 Å². The first-order valence-corrected chi connectivity index (χ1v) is 8.64. The van der Waals surface area contributed by atoms with Gasteiger partial charge < -0.3 is 9.64 Å². The molecule has 0 atom stereocenters. The Balaban J connectivity index is 1.57. The van der Waals surface area contributed by atoms with Crippen LogP contribution in [0.5, 0.6) is 5.88 Å². The Kier molecular flexibility index (Phi) is 5.22. The van der Waals surface area contributed by atoms with Gasteiger partial charge in [-0.3, -0.25) is 14.5 Å². The van der Waals surface area contributed by atoms with Crippen LogP contribution in [-0.4, -0.2) is 66.3 Å². The molecule has 0 unspecified atom stereocenters. The van der Waals surface area contributed by atoms with Gasteiger partial charge in [-0.2, -0.15) is 0 Å². The van der Waals surface area contributed by atoms with E-state index in [1.54, 1.807) is 23.2 Å². The van der Waals surface area contributed by atoms with E-state index in [2.05, 4.69) is 9.88 Å². The van der Waals surface area contributed by atoms with Crippen molar-refractivity contribution in [3.63, 3.8) is 0 Å². The highest BCUT2D eigenvalue weighted by atomic mass is 32.1. The number of carbonyl (C=O) groups is 2. The lowest BCUT2D eigenvalue weighted by Gasteiger charge is -2.34. The van der Waals surface area contributed by atoms with E-state index >= 15 is 0 Å². The van der Waals surface area contributed by atoms with Gasteiger partial charge in [0.2, 0.25) is 5.88 Å². The molecule has 2 aromatic heterocycles. The summed E-state index contributed by atoms with van der Waals surface area (Å²) in [5.41, 5.74) is 0.475. The van der Waals surface area contributed by atoms with Crippen LogP contribution >= 0.6 is 11.3 Å². The largest absolute Gasteiger partial charge is 0.480 e. The van der Waals surface area contributed by atoms with Crippen LogP contribution < -0.4 is 4.74 Å². The number of aromatic nitrogens is 1. The van der Waals surface area contributed by atoms with Crippen LogP contribution in [0, 0.1) is 0 Å². The molecule has 1 amide bonds. The number of hydrogen-bond donors (Lipinski definition) is 0. The standard InChI is InChI=1S/C17H19N3O3S/c1-23-16-13(4-2-6-18-16)17(22)20-9-7-19(8-10-20)12-14(21)15-5-3-11-24-15/h2-6,11H,7-10,12H2,1H3. The predicted octanol–water partition coefficient (Wildman–Crippen LogP) is 1.79. The first-order chi connectivity index (χ1) is 11.7. The van der Waals surface area contributed by atoms with Crippen LogP contribution in [0.4, 0.5) is 0 Å². The van der Waals surface area contributed by atoms with Crippen LogP contribution in [0.25, 0.3) is 0 Å². The smallest absolute Gasteiger partial charge is 0.259 e. The Morgan fingerprint density at radius 3 is 2.67 bits per heavy atom. The van der Waals surface area contributed by atoms with E-state index in [-0.39, 0.29) is 11.7 Å². The summed E-state index contributed by atoms with van der Waals surface area (Å²) in [6, 6.07) is 7.18. The summed E-state index contributed by atoms with van der Waals surface area (Å²) in [6.45, 7) is 2.96. The molecular formula is C17H19N3O3S. The van der Waals surface area contributed by atoms with E-state index in [0.717, 1.165) is 4.88 Å². The number of methoxy groups -OCH3 is 1. The molecule has 1 fully saturated rings. The molecular weight excluding hydrogens is 326 g/mol. The first kappa shape index (κ1) is 16.6. The fourth-order valence-electron chi connectivity index (χ4n) is 2.71. The molecule has 6 nitrogen and oxygen atoms in total. The number of amides is 1. The highest BCUT2D eigenvalue weighted by molar-refractivity contribution is 7.12. The molecule has 3 heterocycles. The molecule has 0 radical (unpaired) electrons. The van der Waals surface area contributed by atoms with Crippen LogP contribution in [0.1, 0.15) is 20.0 Å². The summed E-state index contributed by atoms with van der Waals surface area (Å²) in [5, 5.41) is 1.91. The van der Waals surface area contributed by atoms with Gasteiger partial charge in [0.25, 0.3) is 5.91 Å². The number of nitrogens with zero attached hydrogens (tertiary/aromatic N) is 3. The second-order valence-electron chi connectivity index (χ2n) is 5.53. The Labute approximate surface area is 144 Å². The van der Waals surface area contributed by atoms with E-state index in [4.69, 9.17) is 4.74 Å². The number of thiophene rings is 1. The summed E-state index contributed by atoms with van der Waals surface area (Å²) in [5.74, 6) is 0.403. The number of piperazine rings is 1. The second kappa shape index (κ2) is 7.55.